The second-order valence-corrected chi connectivity index (χ2v) is 7.49. The highest BCUT2D eigenvalue weighted by molar-refractivity contribution is 5.98. The molecule has 11 heteroatoms. The van der Waals surface area contributed by atoms with Crippen molar-refractivity contribution in [3.8, 4) is 0 Å². The van der Waals surface area contributed by atoms with Crippen LogP contribution in [0.1, 0.15) is 35.6 Å². The number of aromatic nitrogens is 4. The molecule has 4 rings (SSSR count). The molecule has 0 radical (unpaired) electrons. The summed E-state index contributed by atoms with van der Waals surface area (Å²) in [6.07, 6.45) is 0.989. The van der Waals surface area contributed by atoms with Gasteiger partial charge in [-0.3, -0.25) is 14.4 Å². The van der Waals surface area contributed by atoms with Gasteiger partial charge in [-0.2, -0.15) is 9.61 Å². The molecule has 1 N–H and O–H groups in total. The molecule has 2 amide bonds. The van der Waals surface area contributed by atoms with Crippen LogP contribution in [0.25, 0.3) is 5.65 Å². The molecule has 0 saturated carbocycles. The number of hydrogen-bond acceptors (Lipinski definition) is 6. The molecular weight excluding hydrogens is 407 g/mol. The summed E-state index contributed by atoms with van der Waals surface area (Å²) in [5.41, 5.74) is 0.840. The lowest BCUT2D eigenvalue weighted by Crippen LogP contribution is -2.32. The monoisotopic (exact) mass is 428 g/mol. The fraction of sp³-hybridized carbons (Fsp3) is 0.350. The second-order valence-electron chi connectivity index (χ2n) is 7.49. The number of ether oxygens (including phenoxy) is 1. The fourth-order valence-electron chi connectivity index (χ4n) is 3.60. The predicted octanol–water partition coefficient (Wildman–Crippen LogP) is 1.18. The summed E-state index contributed by atoms with van der Waals surface area (Å²) < 4.78 is 20.8. The van der Waals surface area contributed by atoms with Gasteiger partial charge in [-0.1, -0.05) is 0 Å². The van der Waals surface area contributed by atoms with Gasteiger partial charge in [-0.25, -0.2) is 9.37 Å². The summed E-state index contributed by atoms with van der Waals surface area (Å²) in [6.45, 7) is 3.76. The molecule has 4 heterocycles. The lowest BCUT2D eigenvalue weighted by molar-refractivity contribution is -0.116. The van der Waals surface area contributed by atoms with Gasteiger partial charge in [0.25, 0.3) is 11.5 Å². The minimum Gasteiger partial charge on any atom is -0.378 e. The maximum absolute atomic E-state index is 13.1. The van der Waals surface area contributed by atoms with Crippen LogP contribution in [0, 0.1) is 5.82 Å². The number of carbonyl (C=O) groups is 2. The second kappa shape index (κ2) is 7.91. The van der Waals surface area contributed by atoms with Crippen LogP contribution in [0.3, 0.4) is 0 Å². The third-order valence-electron chi connectivity index (χ3n) is 5.03. The summed E-state index contributed by atoms with van der Waals surface area (Å²) in [5.74, 6) is -1.17. The van der Waals surface area contributed by atoms with E-state index in [1.807, 2.05) is 13.8 Å². The number of nitrogens with zero attached hydrogens (tertiary/aromatic N) is 5. The van der Waals surface area contributed by atoms with E-state index in [4.69, 9.17) is 4.74 Å². The number of nitrogens with one attached hydrogen (secondary N) is 1. The Balaban J connectivity index is 1.79. The van der Waals surface area contributed by atoms with Gasteiger partial charge in [0.2, 0.25) is 5.91 Å². The molecule has 0 atom stereocenters. The molecule has 0 bridgehead atoms. The van der Waals surface area contributed by atoms with Gasteiger partial charge in [0.15, 0.2) is 0 Å². The molecule has 3 aromatic rings. The van der Waals surface area contributed by atoms with Crippen molar-refractivity contribution >= 4 is 23.3 Å². The van der Waals surface area contributed by atoms with Crippen molar-refractivity contribution in [2.24, 2.45) is 0 Å². The average Bonchev–Trinajstić information content (AvgIpc) is 3.29. The minimum atomic E-state index is -0.526. The summed E-state index contributed by atoms with van der Waals surface area (Å²) in [4.78, 5) is 44.2. The average molecular weight is 428 g/mol. The van der Waals surface area contributed by atoms with Crippen molar-refractivity contribution in [3.05, 3.63) is 57.5 Å². The van der Waals surface area contributed by atoms with E-state index in [1.165, 1.54) is 28.3 Å². The van der Waals surface area contributed by atoms with Crippen molar-refractivity contribution in [3.63, 3.8) is 0 Å². The fourth-order valence-corrected chi connectivity index (χ4v) is 3.60. The SMILES string of the molecule is COCc1cc2n(CC(=O)Nc3ccc(F)cn3)c3c(c(=O)n2n1)CN(C(C)C)C3=O. The Morgan fingerprint density at radius 2 is 2.10 bits per heavy atom. The molecule has 10 nitrogen and oxygen atoms in total. The van der Waals surface area contributed by atoms with Crippen molar-refractivity contribution in [2.45, 2.75) is 39.6 Å². The Bertz CT molecular complexity index is 1230. The minimum absolute atomic E-state index is 0.124. The largest absolute Gasteiger partial charge is 0.378 e. The zero-order valence-electron chi connectivity index (χ0n) is 17.3. The summed E-state index contributed by atoms with van der Waals surface area (Å²) in [7, 11) is 1.50. The Morgan fingerprint density at radius 1 is 1.32 bits per heavy atom. The van der Waals surface area contributed by atoms with Crippen LogP contribution in [-0.4, -0.2) is 49.0 Å². The van der Waals surface area contributed by atoms with E-state index >= 15 is 0 Å². The van der Waals surface area contributed by atoms with E-state index in [0.717, 1.165) is 6.20 Å². The number of methoxy groups -OCH3 is 1. The quantitative estimate of drug-likeness (QED) is 0.631. The van der Waals surface area contributed by atoms with Crippen molar-refractivity contribution in [1.82, 2.24) is 24.1 Å². The van der Waals surface area contributed by atoms with Crippen LogP contribution >= 0.6 is 0 Å². The van der Waals surface area contributed by atoms with Crippen molar-refractivity contribution < 1.29 is 18.7 Å². The number of rotatable bonds is 6. The number of pyridine rings is 1. The van der Waals surface area contributed by atoms with Crippen LogP contribution in [0.5, 0.6) is 0 Å². The normalized spacial score (nSPS) is 13.3. The van der Waals surface area contributed by atoms with Crippen LogP contribution in [-0.2, 0) is 29.2 Å². The maximum Gasteiger partial charge on any atom is 0.280 e. The molecule has 0 aromatic carbocycles. The lowest BCUT2D eigenvalue weighted by atomic mass is 10.2. The van der Waals surface area contributed by atoms with E-state index in [2.05, 4.69) is 15.4 Å². The zero-order chi connectivity index (χ0) is 22.3. The first-order valence-electron chi connectivity index (χ1n) is 9.65. The molecule has 0 aliphatic carbocycles. The zero-order valence-corrected chi connectivity index (χ0v) is 17.3. The van der Waals surface area contributed by atoms with Gasteiger partial charge in [0.1, 0.15) is 29.5 Å². The van der Waals surface area contributed by atoms with Gasteiger partial charge in [-0.15, -0.1) is 0 Å². The third kappa shape index (κ3) is 3.67. The van der Waals surface area contributed by atoms with Crippen molar-refractivity contribution in [2.75, 3.05) is 12.4 Å². The van der Waals surface area contributed by atoms with Crippen molar-refractivity contribution in [1.29, 1.82) is 0 Å². The number of halogens is 1. The molecule has 0 fully saturated rings. The molecule has 1 aliphatic rings. The van der Waals surface area contributed by atoms with Crippen LogP contribution < -0.4 is 10.9 Å². The van der Waals surface area contributed by atoms with Crippen LogP contribution in [0.15, 0.2) is 29.2 Å². The van der Waals surface area contributed by atoms with E-state index in [-0.39, 0.29) is 48.7 Å². The van der Waals surface area contributed by atoms with E-state index < -0.39 is 17.3 Å². The van der Waals surface area contributed by atoms with Gasteiger partial charge in [0, 0.05) is 19.2 Å². The van der Waals surface area contributed by atoms with E-state index in [9.17, 15) is 18.8 Å². The number of amides is 2. The molecule has 0 spiro atoms. The van der Waals surface area contributed by atoms with Gasteiger partial charge in [-0.05, 0) is 26.0 Å². The topological polar surface area (TPSA) is 111 Å². The smallest absolute Gasteiger partial charge is 0.280 e. The summed E-state index contributed by atoms with van der Waals surface area (Å²) >= 11 is 0. The summed E-state index contributed by atoms with van der Waals surface area (Å²) in [5, 5.41) is 6.85. The van der Waals surface area contributed by atoms with Crippen LogP contribution in [0.2, 0.25) is 0 Å². The van der Waals surface area contributed by atoms with E-state index in [1.54, 1.807) is 11.0 Å². The Morgan fingerprint density at radius 3 is 2.74 bits per heavy atom. The first-order chi connectivity index (χ1) is 14.8. The number of anilines is 1. The predicted molar refractivity (Wildman–Crippen MR) is 108 cm³/mol. The van der Waals surface area contributed by atoms with Gasteiger partial charge in [0.05, 0.1) is 30.6 Å². The molecule has 1 aliphatic heterocycles. The lowest BCUT2D eigenvalue weighted by Gasteiger charge is -2.20. The van der Waals surface area contributed by atoms with Gasteiger partial charge >= 0.3 is 0 Å². The Labute approximate surface area is 176 Å². The highest BCUT2D eigenvalue weighted by Crippen LogP contribution is 2.24. The molecule has 0 saturated heterocycles. The molecule has 3 aromatic heterocycles. The molecule has 0 unspecified atom stereocenters. The van der Waals surface area contributed by atoms with Crippen LogP contribution in [0.4, 0.5) is 10.2 Å². The highest BCUT2D eigenvalue weighted by atomic mass is 19.1. The third-order valence-corrected chi connectivity index (χ3v) is 5.03. The molecular formula is C20H21FN6O4. The Hall–Kier alpha value is -3.60. The van der Waals surface area contributed by atoms with Gasteiger partial charge < -0.3 is 19.5 Å². The molecule has 162 valence electrons. The maximum atomic E-state index is 13.1. The number of fused-ring (bicyclic) bond motifs is 2. The highest BCUT2D eigenvalue weighted by Gasteiger charge is 2.36. The number of hydrogen-bond donors (Lipinski definition) is 1. The summed E-state index contributed by atoms with van der Waals surface area (Å²) in [6, 6.07) is 4.00. The number of carbonyl (C=O) groups excluding carboxylic acids is 2. The first kappa shape index (κ1) is 20.7. The molecule has 31 heavy (non-hydrogen) atoms. The standard InChI is InChI=1S/C20H21FN6O4/c1-11(2)25-8-14-18(20(25)30)26(9-16(28)23-15-5-4-12(21)7-22-15)17-6-13(10-31-3)24-27(17)19(14)29/h4-7,11H,8-10H2,1-3H3,(H,22,23,28). The Kier molecular flexibility index (Phi) is 5.27. The van der Waals surface area contributed by atoms with E-state index in [0.29, 0.717) is 11.3 Å². The first-order valence-corrected chi connectivity index (χ1v) is 9.65.